The monoisotopic (exact) mass is 473 g/mol. The molecule has 3 N–H and O–H groups in total. The number of hydrogen-bond acceptors (Lipinski definition) is 4. The number of carbonyl (C=O) groups excluding carboxylic acids is 1. The van der Waals surface area contributed by atoms with E-state index in [4.69, 9.17) is 9.47 Å². The molecule has 0 aromatic heterocycles. The highest BCUT2D eigenvalue weighted by Gasteiger charge is 2.48. The molecular weight excluding hydrogens is 446 g/mol. The van der Waals surface area contributed by atoms with Crippen LogP contribution in [0.1, 0.15) is 31.2 Å². The third-order valence-electron chi connectivity index (χ3n) is 6.46. The zero-order valence-corrected chi connectivity index (χ0v) is 18.9. The first-order chi connectivity index (χ1) is 14.5. The highest BCUT2D eigenvalue weighted by atomic mass is 79.9. The highest BCUT2D eigenvalue weighted by Crippen LogP contribution is 2.47. The molecule has 1 saturated heterocycles. The fourth-order valence-corrected chi connectivity index (χ4v) is 5.37. The van der Waals surface area contributed by atoms with E-state index >= 15 is 0 Å². The Morgan fingerprint density at radius 3 is 2.73 bits per heavy atom. The molecule has 4 rings (SSSR count). The summed E-state index contributed by atoms with van der Waals surface area (Å²) in [6.07, 6.45) is 3.95. The van der Waals surface area contributed by atoms with E-state index < -0.39 is 0 Å². The van der Waals surface area contributed by atoms with Gasteiger partial charge in [-0.1, -0.05) is 28.1 Å². The van der Waals surface area contributed by atoms with Crippen molar-refractivity contribution in [3.05, 3.63) is 52.5 Å². The Kier molecular flexibility index (Phi) is 6.20. The number of hydrogen-bond donors (Lipinski definition) is 3. The summed E-state index contributed by atoms with van der Waals surface area (Å²) in [5.41, 5.74) is 2.13. The van der Waals surface area contributed by atoms with Crippen molar-refractivity contribution in [3.63, 3.8) is 0 Å². The Bertz CT molecular complexity index is 922. The molecule has 7 heteroatoms. The second-order valence-corrected chi connectivity index (χ2v) is 8.98. The molecule has 1 saturated carbocycles. The van der Waals surface area contributed by atoms with E-state index in [-0.39, 0.29) is 17.5 Å². The van der Waals surface area contributed by atoms with Gasteiger partial charge >= 0.3 is 6.03 Å². The number of rotatable bonds is 5. The number of halogens is 1. The molecule has 6 nitrogen and oxygen atoms in total. The molecule has 2 aliphatic rings. The molecular formula is C23H28BrN3O3. The summed E-state index contributed by atoms with van der Waals surface area (Å²) >= 11 is 3.43. The molecule has 2 amide bonds. The van der Waals surface area contributed by atoms with Gasteiger partial charge < -0.3 is 25.4 Å². The quantitative estimate of drug-likeness (QED) is 0.600. The van der Waals surface area contributed by atoms with Crippen LogP contribution in [0.5, 0.6) is 11.5 Å². The van der Waals surface area contributed by atoms with E-state index in [2.05, 4.69) is 44.0 Å². The van der Waals surface area contributed by atoms with E-state index in [0.717, 1.165) is 53.9 Å². The van der Waals surface area contributed by atoms with Crippen LogP contribution in [0.2, 0.25) is 0 Å². The highest BCUT2D eigenvalue weighted by molar-refractivity contribution is 9.10. The maximum atomic E-state index is 12.5. The van der Waals surface area contributed by atoms with Crippen molar-refractivity contribution in [2.24, 2.45) is 0 Å². The van der Waals surface area contributed by atoms with Gasteiger partial charge in [0.15, 0.2) is 11.5 Å². The van der Waals surface area contributed by atoms with Crippen molar-refractivity contribution in [2.75, 3.05) is 26.1 Å². The third-order valence-corrected chi connectivity index (χ3v) is 6.96. The average Bonchev–Trinajstić information content (AvgIpc) is 3.17. The van der Waals surface area contributed by atoms with E-state index in [1.165, 1.54) is 5.56 Å². The maximum absolute atomic E-state index is 12.5. The lowest BCUT2D eigenvalue weighted by molar-refractivity contribution is 0.213. The lowest BCUT2D eigenvalue weighted by Gasteiger charge is -2.43. The molecule has 30 heavy (non-hydrogen) atoms. The van der Waals surface area contributed by atoms with Crippen molar-refractivity contribution >= 4 is 27.6 Å². The van der Waals surface area contributed by atoms with Crippen molar-refractivity contribution in [2.45, 2.75) is 43.2 Å². The Balaban J connectivity index is 1.44. The topological polar surface area (TPSA) is 71.6 Å². The number of carbonyl (C=O) groups is 1. The van der Waals surface area contributed by atoms with Gasteiger partial charge in [0.25, 0.3) is 0 Å². The van der Waals surface area contributed by atoms with E-state index in [9.17, 15) is 4.79 Å². The predicted octanol–water partition coefficient (Wildman–Crippen LogP) is 4.44. The van der Waals surface area contributed by atoms with Crippen molar-refractivity contribution in [1.29, 1.82) is 0 Å². The molecule has 2 fully saturated rings. The van der Waals surface area contributed by atoms with Gasteiger partial charge in [-0.05, 0) is 68.1 Å². The van der Waals surface area contributed by atoms with E-state index in [1.807, 2.05) is 30.3 Å². The standard InChI is InChI=1S/C23H28BrN3O3/c1-29-19-7-6-15(12-20(19)30-2)23-9-8-18(14-21(23)25-11-10-23)27-22(28)26-17-5-3-4-16(24)13-17/h3-7,12-13,18,21,25H,8-11,14H2,1-2H3,(H2,26,27,28). The largest absolute Gasteiger partial charge is 0.493 e. The lowest BCUT2D eigenvalue weighted by atomic mass is 9.65. The molecule has 1 aliphatic carbocycles. The number of urea groups is 1. The van der Waals surface area contributed by atoms with Gasteiger partial charge in [-0.3, -0.25) is 0 Å². The molecule has 1 heterocycles. The second kappa shape index (κ2) is 8.86. The van der Waals surface area contributed by atoms with Gasteiger partial charge in [0.2, 0.25) is 0 Å². The van der Waals surface area contributed by atoms with Crippen LogP contribution in [-0.2, 0) is 5.41 Å². The summed E-state index contributed by atoms with van der Waals surface area (Å²) in [7, 11) is 3.33. The average molecular weight is 474 g/mol. The van der Waals surface area contributed by atoms with Crippen molar-refractivity contribution < 1.29 is 14.3 Å². The van der Waals surface area contributed by atoms with Gasteiger partial charge in [-0.15, -0.1) is 0 Å². The van der Waals surface area contributed by atoms with E-state index in [0.29, 0.717) is 6.04 Å². The van der Waals surface area contributed by atoms with Crippen molar-refractivity contribution in [1.82, 2.24) is 10.6 Å². The maximum Gasteiger partial charge on any atom is 0.319 e. The summed E-state index contributed by atoms with van der Waals surface area (Å²) in [6, 6.07) is 14.2. The van der Waals surface area contributed by atoms with E-state index in [1.54, 1.807) is 14.2 Å². The minimum Gasteiger partial charge on any atom is -0.493 e. The summed E-state index contributed by atoms with van der Waals surface area (Å²) < 4.78 is 11.9. The van der Waals surface area contributed by atoms with Gasteiger partial charge in [0.1, 0.15) is 0 Å². The third kappa shape index (κ3) is 4.14. The van der Waals surface area contributed by atoms with Gasteiger partial charge in [0, 0.05) is 27.7 Å². The Morgan fingerprint density at radius 1 is 1.13 bits per heavy atom. The fourth-order valence-electron chi connectivity index (χ4n) is 4.97. The molecule has 3 unspecified atom stereocenters. The number of benzene rings is 2. The fraction of sp³-hybridized carbons (Fsp3) is 0.435. The van der Waals surface area contributed by atoms with Crippen LogP contribution in [0, 0.1) is 0 Å². The molecule has 2 aromatic carbocycles. The molecule has 1 aliphatic heterocycles. The lowest BCUT2D eigenvalue weighted by Crippen LogP contribution is -2.52. The smallest absolute Gasteiger partial charge is 0.319 e. The number of anilines is 1. The zero-order chi connectivity index (χ0) is 21.1. The van der Waals surface area contributed by atoms with Crippen LogP contribution < -0.4 is 25.4 Å². The number of ether oxygens (including phenoxy) is 2. The Hall–Kier alpha value is -2.25. The zero-order valence-electron chi connectivity index (χ0n) is 17.3. The second-order valence-electron chi connectivity index (χ2n) is 8.06. The molecule has 0 radical (unpaired) electrons. The van der Waals surface area contributed by atoms with Crippen molar-refractivity contribution in [3.8, 4) is 11.5 Å². The van der Waals surface area contributed by atoms with Gasteiger partial charge in [-0.2, -0.15) is 0 Å². The first kappa shape index (κ1) is 21.0. The van der Waals surface area contributed by atoms with Crippen LogP contribution in [0.3, 0.4) is 0 Å². The van der Waals surface area contributed by atoms with Crippen LogP contribution in [0.4, 0.5) is 10.5 Å². The molecule has 160 valence electrons. The van der Waals surface area contributed by atoms with Crippen LogP contribution in [0.25, 0.3) is 0 Å². The molecule has 0 spiro atoms. The summed E-state index contributed by atoms with van der Waals surface area (Å²) in [4.78, 5) is 12.5. The predicted molar refractivity (Wildman–Crippen MR) is 122 cm³/mol. The van der Waals surface area contributed by atoms with Gasteiger partial charge in [0.05, 0.1) is 14.2 Å². The minimum absolute atomic E-state index is 0.0680. The number of nitrogens with one attached hydrogen (secondary N) is 3. The number of methoxy groups -OCH3 is 2. The summed E-state index contributed by atoms with van der Waals surface area (Å²) in [5.74, 6) is 1.52. The van der Waals surface area contributed by atoms with Crippen LogP contribution in [0.15, 0.2) is 46.9 Å². The van der Waals surface area contributed by atoms with Crippen LogP contribution >= 0.6 is 15.9 Å². The Morgan fingerprint density at radius 2 is 1.97 bits per heavy atom. The number of fused-ring (bicyclic) bond motifs is 1. The normalized spacial score (nSPS) is 25.3. The SMILES string of the molecule is COc1ccc(C23CCNC2CC(NC(=O)Nc2cccc(Br)c2)CC3)cc1OC. The first-order valence-electron chi connectivity index (χ1n) is 10.3. The van der Waals surface area contributed by atoms with Gasteiger partial charge in [-0.25, -0.2) is 4.79 Å². The molecule has 3 atom stereocenters. The summed E-state index contributed by atoms with van der Waals surface area (Å²) in [5, 5.41) is 9.76. The molecule has 2 aromatic rings. The first-order valence-corrected chi connectivity index (χ1v) is 11.1. The molecule has 0 bridgehead atoms. The number of amides is 2. The Labute approximate surface area is 185 Å². The minimum atomic E-state index is -0.158. The van der Waals surface area contributed by atoms with Crippen LogP contribution in [-0.4, -0.2) is 38.9 Å². The summed E-state index contributed by atoms with van der Waals surface area (Å²) in [6.45, 7) is 0.982.